The molecular weight excluding hydrogens is 296 g/mol. The zero-order chi connectivity index (χ0) is 16.1. The summed E-state index contributed by atoms with van der Waals surface area (Å²) in [6, 6.07) is 15.4. The van der Waals surface area contributed by atoms with Crippen molar-refractivity contribution in [3.8, 4) is 0 Å². The van der Waals surface area contributed by atoms with Crippen LogP contribution in [0.4, 0.5) is 5.69 Å². The van der Waals surface area contributed by atoms with Crippen molar-refractivity contribution in [1.82, 2.24) is 0 Å². The lowest BCUT2D eigenvalue weighted by atomic mass is 10.1. The van der Waals surface area contributed by atoms with Crippen molar-refractivity contribution < 1.29 is 9.69 Å². The van der Waals surface area contributed by atoms with Crippen LogP contribution in [-0.4, -0.2) is 19.0 Å². The zero-order valence-electron chi connectivity index (χ0n) is 13.2. The summed E-state index contributed by atoms with van der Waals surface area (Å²) >= 11 is 5.89. The number of carbonyl (C=O) groups excluding carboxylic acids is 1. The highest BCUT2D eigenvalue weighted by Crippen LogP contribution is 2.10. The van der Waals surface area contributed by atoms with E-state index < -0.39 is 0 Å². The van der Waals surface area contributed by atoms with Crippen LogP contribution in [0.3, 0.4) is 0 Å². The van der Waals surface area contributed by atoms with Crippen molar-refractivity contribution in [3.05, 3.63) is 64.7 Å². The quantitative estimate of drug-likeness (QED) is 0.873. The molecule has 116 valence electrons. The van der Waals surface area contributed by atoms with Crippen LogP contribution >= 0.6 is 11.6 Å². The zero-order valence-corrected chi connectivity index (χ0v) is 13.9. The first-order valence-electron chi connectivity index (χ1n) is 7.40. The van der Waals surface area contributed by atoms with Crippen LogP contribution in [0.1, 0.15) is 18.1 Å². The number of halogens is 1. The van der Waals surface area contributed by atoms with E-state index in [9.17, 15) is 4.79 Å². The van der Waals surface area contributed by atoms with Gasteiger partial charge in [-0.15, -0.1) is 0 Å². The minimum absolute atomic E-state index is 0.0251. The second-order valence-corrected chi connectivity index (χ2v) is 6.17. The fraction of sp³-hybridized carbons (Fsp3) is 0.278. The summed E-state index contributed by atoms with van der Waals surface area (Å²) in [4.78, 5) is 13.5. The molecular formula is C18H22ClN2O+. The molecule has 2 aromatic rings. The number of anilines is 1. The van der Waals surface area contributed by atoms with Gasteiger partial charge in [0.05, 0.1) is 7.05 Å². The van der Waals surface area contributed by atoms with E-state index in [-0.39, 0.29) is 11.9 Å². The smallest absolute Gasteiger partial charge is 0.282 e. The van der Waals surface area contributed by atoms with E-state index in [2.05, 4.69) is 5.32 Å². The van der Waals surface area contributed by atoms with Gasteiger partial charge >= 0.3 is 0 Å². The highest BCUT2D eigenvalue weighted by Gasteiger charge is 2.22. The average Bonchev–Trinajstić information content (AvgIpc) is 2.48. The minimum atomic E-state index is -0.142. The maximum Gasteiger partial charge on any atom is 0.282 e. The molecule has 2 N–H and O–H groups in total. The van der Waals surface area contributed by atoms with E-state index >= 15 is 0 Å². The number of likely N-dealkylation sites (N-methyl/N-ethyl adjacent to an activating group) is 1. The molecule has 22 heavy (non-hydrogen) atoms. The van der Waals surface area contributed by atoms with Crippen molar-refractivity contribution in [3.63, 3.8) is 0 Å². The lowest BCUT2D eigenvalue weighted by molar-refractivity contribution is -0.907. The maximum atomic E-state index is 12.4. The van der Waals surface area contributed by atoms with Crippen LogP contribution in [0, 0.1) is 6.92 Å². The summed E-state index contributed by atoms with van der Waals surface area (Å²) in [5.74, 6) is 0.0251. The van der Waals surface area contributed by atoms with Gasteiger partial charge in [0.25, 0.3) is 5.91 Å². The van der Waals surface area contributed by atoms with Crippen LogP contribution < -0.4 is 10.2 Å². The number of amides is 1. The Kier molecular flexibility index (Phi) is 5.58. The van der Waals surface area contributed by atoms with Gasteiger partial charge in [0.1, 0.15) is 6.54 Å². The molecule has 3 nitrogen and oxygen atoms in total. The first kappa shape index (κ1) is 16.5. The molecule has 1 amide bonds. The van der Waals surface area contributed by atoms with Crippen molar-refractivity contribution in [2.24, 2.45) is 0 Å². The van der Waals surface area contributed by atoms with E-state index in [1.807, 2.05) is 69.4 Å². The molecule has 2 rings (SSSR count). The molecule has 0 aromatic heterocycles. The van der Waals surface area contributed by atoms with Crippen molar-refractivity contribution >= 4 is 23.2 Å². The van der Waals surface area contributed by atoms with Crippen molar-refractivity contribution in [2.75, 3.05) is 12.4 Å². The number of hydrogen-bond acceptors (Lipinski definition) is 1. The lowest BCUT2D eigenvalue weighted by Crippen LogP contribution is -3.12. The van der Waals surface area contributed by atoms with E-state index in [0.717, 1.165) is 33.3 Å². The van der Waals surface area contributed by atoms with Crippen LogP contribution in [0.5, 0.6) is 0 Å². The van der Waals surface area contributed by atoms with E-state index in [1.54, 1.807) is 0 Å². The van der Waals surface area contributed by atoms with Crippen LogP contribution in [0.15, 0.2) is 48.5 Å². The SMILES string of the molecule is Cc1cccc(NC(=O)[C@H](C)[NH+](C)Cc2ccc(Cl)cc2)c1. The first-order chi connectivity index (χ1) is 10.5. The molecule has 4 heteroatoms. The molecule has 2 atom stereocenters. The van der Waals surface area contributed by atoms with Gasteiger partial charge in [-0.25, -0.2) is 0 Å². The number of quaternary nitrogens is 1. The molecule has 0 bridgehead atoms. The largest absolute Gasteiger partial charge is 0.324 e. The van der Waals surface area contributed by atoms with Crippen molar-refractivity contribution in [1.29, 1.82) is 0 Å². The molecule has 0 aliphatic rings. The van der Waals surface area contributed by atoms with Crippen LogP contribution in [-0.2, 0) is 11.3 Å². The standard InChI is InChI=1S/C18H21ClN2O/c1-13-5-4-6-17(11-13)20-18(22)14(2)21(3)12-15-7-9-16(19)10-8-15/h4-11,14H,12H2,1-3H3,(H,20,22)/p+1/t14-/m0/s1. The highest BCUT2D eigenvalue weighted by atomic mass is 35.5. The summed E-state index contributed by atoms with van der Waals surface area (Å²) in [5, 5.41) is 3.71. The van der Waals surface area contributed by atoms with Crippen LogP contribution in [0.25, 0.3) is 0 Å². The molecule has 2 aromatic carbocycles. The third-order valence-corrected chi connectivity index (χ3v) is 4.07. The summed E-state index contributed by atoms with van der Waals surface area (Å²) in [5.41, 5.74) is 3.14. The van der Waals surface area contributed by atoms with E-state index in [4.69, 9.17) is 11.6 Å². The molecule has 0 aliphatic heterocycles. The number of rotatable bonds is 5. The fourth-order valence-corrected chi connectivity index (χ4v) is 2.40. The average molecular weight is 318 g/mol. The third kappa shape index (κ3) is 4.58. The first-order valence-corrected chi connectivity index (χ1v) is 7.78. The van der Waals surface area contributed by atoms with Crippen molar-refractivity contribution in [2.45, 2.75) is 26.4 Å². The Morgan fingerprint density at radius 1 is 1.23 bits per heavy atom. The Balaban J connectivity index is 1.95. The van der Waals surface area contributed by atoms with Gasteiger partial charge in [-0.2, -0.15) is 0 Å². The molecule has 0 saturated carbocycles. The summed E-state index contributed by atoms with van der Waals surface area (Å²) < 4.78 is 0. The van der Waals surface area contributed by atoms with E-state index in [1.165, 1.54) is 0 Å². The Bertz CT molecular complexity index is 640. The second kappa shape index (κ2) is 7.43. The number of nitrogens with one attached hydrogen (secondary N) is 2. The number of aryl methyl sites for hydroxylation is 1. The Morgan fingerprint density at radius 2 is 1.91 bits per heavy atom. The summed E-state index contributed by atoms with van der Waals surface area (Å²) in [7, 11) is 2.02. The van der Waals surface area contributed by atoms with Gasteiger partial charge in [0.2, 0.25) is 0 Å². The molecule has 0 radical (unpaired) electrons. The maximum absolute atomic E-state index is 12.4. The van der Waals surface area contributed by atoms with Gasteiger partial charge in [0.15, 0.2) is 6.04 Å². The predicted molar refractivity (Wildman–Crippen MR) is 91.3 cm³/mol. The monoisotopic (exact) mass is 317 g/mol. The molecule has 0 saturated heterocycles. The van der Waals surface area contributed by atoms with Crippen LogP contribution in [0.2, 0.25) is 5.02 Å². The molecule has 1 unspecified atom stereocenters. The summed E-state index contributed by atoms with van der Waals surface area (Å²) in [6.45, 7) is 4.73. The third-order valence-electron chi connectivity index (χ3n) is 3.81. The van der Waals surface area contributed by atoms with Gasteiger partial charge in [-0.3, -0.25) is 4.79 Å². The normalized spacial score (nSPS) is 13.5. The lowest BCUT2D eigenvalue weighted by Gasteiger charge is -2.21. The fourth-order valence-electron chi connectivity index (χ4n) is 2.27. The number of carbonyl (C=O) groups is 1. The molecule has 0 spiro atoms. The van der Waals surface area contributed by atoms with Gasteiger partial charge in [0, 0.05) is 16.3 Å². The van der Waals surface area contributed by atoms with Gasteiger partial charge < -0.3 is 10.2 Å². The topological polar surface area (TPSA) is 33.5 Å². The van der Waals surface area contributed by atoms with Gasteiger partial charge in [-0.05, 0) is 43.7 Å². The Labute approximate surface area is 136 Å². The highest BCUT2D eigenvalue weighted by molar-refractivity contribution is 6.30. The Morgan fingerprint density at radius 3 is 2.55 bits per heavy atom. The molecule has 0 aliphatic carbocycles. The number of benzene rings is 2. The summed E-state index contributed by atoms with van der Waals surface area (Å²) in [6.07, 6.45) is 0. The second-order valence-electron chi connectivity index (χ2n) is 5.73. The van der Waals surface area contributed by atoms with E-state index in [0.29, 0.717) is 0 Å². The molecule has 0 heterocycles. The molecule has 0 fully saturated rings. The minimum Gasteiger partial charge on any atom is -0.324 e. The number of hydrogen-bond donors (Lipinski definition) is 2. The Hall–Kier alpha value is -1.84. The predicted octanol–water partition coefficient (Wildman–Crippen LogP) is 2.69. The van der Waals surface area contributed by atoms with Gasteiger partial charge in [-0.1, -0.05) is 35.9 Å².